The molecular formula is C14H12BrN3O2S. The number of allylic oxidation sites excluding steroid dienone is 1. The number of rotatable bonds is 4. The number of nitrogens with one attached hydrogen (secondary N) is 1. The molecule has 2 aromatic rings. The average Bonchev–Trinajstić information content (AvgIpc) is 2.45. The zero-order valence-electron chi connectivity index (χ0n) is 10.9. The standard InChI is InChI=1S/C14H12BrN3O2S/c1-2-7-18-13(20)11(12(19)17-14(18)21)8-16-10-5-3-9(15)4-6-10/h2-6,8,20H,1,7H2,(H,17,19,21). The van der Waals surface area contributed by atoms with Gasteiger partial charge >= 0.3 is 0 Å². The van der Waals surface area contributed by atoms with Crippen LogP contribution >= 0.6 is 28.1 Å². The monoisotopic (exact) mass is 365 g/mol. The summed E-state index contributed by atoms with van der Waals surface area (Å²) in [5.74, 6) is -0.232. The Balaban J connectivity index is 2.46. The van der Waals surface area contributed by atoms with Crippen molar-refractivity contribution in [2.45, 2.75) is 6.54 Å². The Hall–Kier alpha value is -1.99. The average molecular weight is 366 g/mol. The van der Waals surface area contributed by atoms with Crippen LogP contribution in [0.1, 0.15) is 5.56 Å². The summed E-state index contributed by atoms with van der Waals surface area (Å²) in [7, 11) is 0. The molecule has 2 N–H and O–H groups in total. The smallest absolute Gasteiger partial charge is 0.264 e. The van der Waals surface area contributed by atoms with Gasteiger partial charge in [-0.2, -0.15) is 0 Å². The molecule has 1 aromatic carbocycles. The summed E-state index contributed by atoms with van der Waals surface area (Å²) < 4.78 is 2.44. The Morgan fingerprint density at radius 3 is 2.71 bits per heavy atom. The predicted molar refractivity (Wildman–Crippen MR) is 89.1 cm³/mol. The van der Waals surface area contributed by atoms with Gasteiger partial charge in [0.2, 0.25) is 5.88 Å². The van der Waals surface area contributed by atoms with Gasteiger partial charge in [0, 0.05) is 17.2 Å². The fourth-order valence-electron chi connectivity index (χ4n) is 1.66. The zero-order chi connectivity index (χ0) is 15.4. The molecule has 108 valence electrons. The van der Waals surface area contributed by atoms with E-state index < -0.39 is 5.56 Å². The third kappa shape index (κ3) is 3.56. The molecule has 0 saturated carbocycles. The summed E-state index contributed by atoms with van der Waals surface area (Å²) in [6.45, 7) is 3.88. The summed E-state index contributed by atoms with van der Waals surface area (Å²) >= 11 is 8.32. The number of H-pyrrole nitrogens is 1. The summed E-state index contributed by atoms with van der Waals surface area (Å²) in [5.41, 5.74) is 0.224. The first-order valence-corrected chi connectivity index (χ1v) is 7.19. The maximum Gasteiger partial charge on any atom is 0.264 e. The van der Waals surface area contributed by atoms with Crippen molar-refractivity contribution in [2.24, 2.45) is 4.99 Å². The summed E-state index contributed by atoms with van der Waals surface area (Å²) in [6, 6.07) is 7.23. The molecular weight excluding hydrogens is 354 g/mol. The van der Waals surface area contributed by atoms with E-state index >= 15 is 0 Å². The molecule has 0 unspecified atom stereocenters. The van der Waals surface area contributed by atoms with E-state index in [9.17, 15) is 9.90 Å². The maximum absolute atomic E-state index is 11.9. The van der Waals surface area contributed by atoms with Crippen molar-refractivity contribution in [1.29, 1.82) is 0 Å². The molecule has 0 aliphatic carbocycles. The van der Waals surface area contributed by atoms with Gasteiger partial charge in [-0.05, 0) is 36.5 Å². The van der Waals surface area contributed by atoms with Gasteiger partial charge < -0.3 is 5.11 Å². The minimum Gasteiger partial charge on any atom is -0.494 e. The molecule has 0 radical (unpaired) electrons. The molecule has 1 heterocycles. The Bertz CT molecular complexity index is 806. The van der Waals surface area contributed by atoms with Gasteiger partial charge in [0.05, 0.1) is 5.69 Å². The van der Waals surface area contributed by atoms with Crippen LogP contribution in [0.3, 0.4) is 0 Å². The number of benzene rings is 1. The molecule has 2 rings (SSSR count). The van der Waals surface area contributed by atoms with Crippen LogP contribution in [-0.2, 0) is 6.54 Å². The van der Waals surface area contributed by atoms with E-state index in [-0.39, 0.29) is 16.2 Å². The van der Waals surface area contributed by atoms with Gasteiger partial charge in [-0.1, -0.05) is 22.0 Å². The van der Waals surface area contributed by atoms with Crippen LogP contribution in [0.25, 0.3) is 0 Å². The lowest BCUT2D eigenvalue weighted by molar-refractivity contribution is 0.413. The van der Waals surface area contributed by atoms with Crippen LogP contribution < -0.4 is 5.56 Å². The molecule has 21 heavy (non-hydrogen) atoms. The van der Waals surface area contributed by atoms with Crippen LogP contribution in [0.4, 0.5) is 5.69 Å². The molecule has 0 fully saturated rings. The summed E-state index contributed by atoms with van der Waals surface area (Å²) in [4.78, 5) is 18.5. The number of aromatic nitrogens is 2. The van der Waals surface area contributed by atoms with E-state index in [0.29, 0.717) is 12.2 Å². The van der Waals surface area contributed by atoms with Crippen LogP contribution in [-0.4, -0.2) is 20.9 Å². The van der Waals surface area contributed by atoms with E-state index in [1.54, 1.807) is 18.2 Å². The first kappa shape index (κ1) is 15.4. The molecule has 0 saturated heterocycles. The molecule has 0 spiro atoms. The van der Waals surface area contributed by atoms with Crippen molar-refractivity contribution < 1.29 is 5.11 Å². The van der Waals surface area contributed by atoms with Crippen molar-refractivity contribution >= 4 is 40.0 Å². The van der Waals surface area contributed by atoms with Crippen molar-refractivity contribution in [2.75, 3.05) is 0 Å². The first-order valence-electron chi connectivity index (χ1n) is 5.99. The highest BCUT2D eigenvalue weighted by Gasteiger charge is 2.09. The quantitative estimate of drug-likeness (QED) is 0.496. The zero-order valence-corrected chi connectivity index (χ0v) is 13.3. The second kappa shape index (κ2) is 6.64. The molecule has 0 aliphatic heterocycles. The highest BCUT2D eigenvalue weighted by molar-refractivity contribution is 9.10. The fraction of sp³-hybridized carbons (Fsp3) is 0.0714. The Labute approximate surface area is 134 Å². The number of aromatic amines is 1. The highest BCUT2D eigenvalue weighted by Crippen LogP contribution is 2.17. The predicted octanol–water partition coefficient (Wildman–Crippen LogP) is 3.31. The third-order valence-electron chi connectivity index (χ3n) is 2.69. The molecule has 5 nitrogen and oxygen atoms in total. The SMILES string of the molecule is C=CCn1c(O)c(C=Nc2ccc(Br)cc2)c(=O)[nH]c1=S. The van der Waals surface area contributed by atoms with Gasteiger partial charge in [-0.15, -0.1) is 6.58 Å². The van der Waals surface area contributed by atoms with E-state index in [1.807, 2.05) is 12.1 Å². The summed E-state index contributed by atoms with van der Waals surface area (Å²) in [6.07, 6.45) is 2.88. The molecule has 0 aliphatic rings. The van der Waals surface area contributed by atoms with Crippen molar-refractivity contribution in [3.05, 3.63) is 62.1 Å². The van der Waals surface area contributed by atoms with Gasteiger partial charge in [0.1, 0.15) is 5.56 Å². The normalized spacial score (nSPS) is 10.9. The third-order valence-corrected chi connectivity index (χ3v) is 3.54. The lowest BCUT2D eigenvalue weighted by Crippen LogP contribution is -2.18. The number of hydrogen-bond donors (Lipinski definition) is 2. The number of aliphatic imine (C=N–C) groups is 1. The number of nitrogens with zero attached hydrogens (tertiary/aromatic N) is 2. The summed E-state index contributed by atoms with van der Waals surface area (Å²) in [5, 5.41) is 10.1. The molecule has 1 aromatic heterocycles. The van der Waals surface area contributed by atoms with Gasteiger partial charge in [-0.3, -0.25) is 19.3 Å². The second-order valence-corrected chi connectivity index (χ2v) is 5.43. The van der Waals surface area contributed by atoms with Gasteiger partial charge in [0.15, 0.2) is 4.77 Å². The van der Waals surface area contributed by atoms with Crippen LogP contribution in [0.5, 0.6) is 5.88 Å². The minimum absolute atomic E-state index is 0.0494. The highest BCUT2D eigenvalue weighted by atomic mass is 79.9. The van der Waals surface area contributed by atoms with Crippen molar-refractivity contribution in [3.8, 4) is 5.88 Å². The molecule has 0 bridgehead atoms. The van der Waals surface area contributed by atoms with Crippen LogP contribution in [0, 0.1) is 4.77 Å². The fourth-order valence-corrected chi connectivity index (χ4v) is 2.17. The largest absolute Gasteiger partial charge is 0.494 e. The van der Waals surface area contributed by atoms with E-state index in [1.165, 1.54) is 10.8 Å². The van der Waals surface area contributed by atoms with E-state index in [4.69, 9.17) is 12.2 Å². The first-order chi connectivity index (χ1) is 10.0. The molecule has 0 amide bonds. The van der Waals surface area contributed by atoms with E-state index in [2.05, 4.69) is 32.5 Å². The van der Waals surface area contributed by atoms with Crippen molar-refractivity contribution in [3.63, 3.8) is 0 Å². The van der Waals surface area contributed by atoms with Crippen molar-refractivity contribution in [1.82, 2.24) is 9.55 Å². The van der Waals surface area contributed by atoms with Gasteiger partial charge in [0.25, 0.3) is 5.56 Å². The van der Waals surface area contributed by atoms with Gasteiger partial charge in [-0.25, -0.2) is 0 Å². The van der Waals surface area contributed by atoms with Crippen LogP contribution in [0.15, 0.2) is 51.2 Å². The lowest BCUT2D eigenvalue weighted by atomic mass is 10.3. The topological polar surface area (TPSA) is 70.4 Å². The Kier molecular flexibility index (Phi) is 4.87. The van der Waals surface area contributed by atoms with Crippen LogP contribution in [0.2, 0.25) is 0 Å². The molecule has 0 atom stereocenters. The second-order valence-electron chi connectivity index (χ2n) is 4.13. The van der Waals surface area contributed by atoms with E-state index in [0.717, 1.165) is 4.47 Å². The number of hydrogen-bond acceptors (Lipinski definition) is 4. The maximum atomic E-state index is 11.9. The number of aromatic hydroxyl groups is 1. The Morgan fingerprint density at radius 1 is 1.43 bits per heavy atom. The molecule has 7 heteroatoms. The minimum atomic E-state index is -0.487. The number of halogens is 1. The Morgan fingerprint density at radius 2 is 2.10 bits per heavy atom. The lowest BCUT2D eigenvalue weighted by Gasteiger charge is -2.08.